The number of aromatic nitrogens is 1. The normalized spacial score (nSPS) is 13.2. The van der Waals surface area contributed by atoms with Crippen molar-refractivity contribution in [1.29, 1.82) is 0 Å². The summed E-state index contributed by atoms with van der Waals surface area (Å²) in [5.74, 6) is -2.34. The van der Waals surface area contributed by atoms with Gasteiger partial charge >= 0.3 is 6.01 Å². The van der Waals surface area contributed by atoms with Gasteiger partial charge in [-0.25, -0.2) is 21.9 Å². The lowest BCUT2D eigenvalue weighted by molar-refractivity contribution is 0.0825. The molecule has 0 fully saturated rings. The number of carbonyl (C=O) groups is 1. The lowest BCUT2D eigenvalue weighted by atomic mass is 10.00. The molecule has 3 rings (SSSR count). The van der Waals surface area contributed by atoms with E-state index in [1.807, 2.05) is 35.9 Å². The minimum Gasteiger partial charge on any atom is -0.431 e. The van der Waals surface area contributed by atoms with E-state index in [0.717, 1.165) is 42.7 Å². The molecule has 0 aliphatic carbocycles. The van der Waals surface area contributed by atoms with E-state index in [2.05, 4.69) is 15.6 Å². The van der Waals surface area contributed by atoms with E-state index in [0.29, 0.717) is 6.54 Å². The summed E-state index contributed by atoms with van der Waals surface area (Å²) in [5.41, 5.74) is 2.17. The molecule has 3 aromatic rings. The number of rotatable bonds is 12. The Balaban J connectivity index is 1.71. The fourth-order valence-electron chi connectivity index (χ4n) is 3.56. The minimum atomic E-state index is -3.67. The van der Waals surface area contributed by atoms with Gasteiger partial charge in [0.1, 0.15) is 17.9 Å². The lowest BCUT2D eigenvalue weighted by Crippen LogP contribution is -2.48. The third-order valence-corrected chi connectivity index (χ3v) is 5.80. The first kappa shape index (κ1) is 27.2. The van der Waals surface area contributed by atoms with Crippen molar-refractivity contribution in [1.82, 2.24) is 15.6 Å². The van der Waals surface area contributed by atoms with Crippen molar-refractivity contribution in [2.24, 2.45) is 0 Å². The molecule has 0 bridgehead atoms. The van der Waals surface area contributed by atoms with Gasteiger partial charge in [0.2, 0.25) is 10.0 Å². The first-order valence-electron chi connectivity index (χ1n) is 11.2. The van der Waals surface area contributed by atoms with Crippen LogP contribution in [0.15, 0.2) is 53.1 Å². The van der Waals surface area contributed by atoms with Crippen LogP contribution in [0.2, 0.25) is 0 Å². The van der Waals surface area contributed by atoms with E-state index < -0.39 is 45.7 Å². The molecule has 0 saturated heterocycles. The second kappa shape index (κ2) is 12.1. The Kier molecular flexibility index (Phi) is 9.13. The number of nitrogens with zero attached hydrogens (tertiary/aromatic N) is 1. The van der Waals surface area contributed by atoms with Gasteiger partial charge in [-0.3, -0.25) is 4.79 Å². The summed E-state index contributed by atoms with van der Waals surface area (Å²) < 4.78 is 57.1. The number of hydrogen-bond acceptors (Lipinski definition) is 7. The van der Waals surface area contributed by atoms with Crippen LogP contribution < -0.4 is 15.4 Å². The standard InChI is InChI=1S/C24H28F2N4O5S/c1-3-15-5-4-6-16(7-15)12-27-13-22(31)20(10-17-8-18(25)11-19(26)9-17)28-23(32)21-14-35-24(29-21)30-36(2,33)34/h4-9,11,14,20,22,27,31H,3,10,12-13H2,1-2H3,(H,28,32)(H,29,30). The summed E-state index contributed by atoms with van der Waals surface area (Å²) in [4.78, 5) is 16.5. The van der Waals surface area contributed by atoms with Gasteiger partial charge < -0.3 is 20.2 Å². The number of aliphatic hydroxyl groups is 1. The van der Waals surface area contributed by atoms with Gasteiger partial charge in [0.05, 0.1) is 18.4 Å². The molecule has 1 amide bonds. The molecule has 0 spiro atoms. The molecule has 36 heavy (non-hydrogen) atoms. The molecule has 4 N–H and O–H groups in total. The molecular formula is C24H28F2N4O5S. The zero-order valence-electron chi connectivity index (χ0n) is 19.8. The number of sulfonamides is 1. The average molecular weight is 523 g/mol. The molecule has 194 valence electrons. The molecule has 12 heteroatoms. The summed E-state index contributed by atoms with van der Waals surface area (Å²) >= 11 is 0. The highest BCUT2D eigenvalue weighted by molar-refractivity contribution is 7.91. The number of amides is 1. The lowest BCUT2D eigenvalue weighted by Gasteiger charge is -2.24. The monoisotopic (exact) mass is 522 g/mol. The van der Waals surface area contributed by atoms with E-state index in [4.69, 9.17) is 4.42 Å². The largest absolute Gasteiger partial charge is 0.431 e. The van der Waals surface area contributed by atoms with Gasteiger partial charge in [0, 0.05) is 19.2 Å². The highest BCUT2D eigenvalue weighted by Crippen LogP contribution is 2.14. The molecule has 0 saturated carbocycles. The molecule has 0 radical (unpaired) electrons. The van der Waals surface area contributed by atoms with E-state index >= 15 is 0 Å². The highest BCUT2D eigenvalue weighted by atomic mass is 32.2. The van der Waals surface area contributed by atoms with Crippen LogP contribution in [-0.4, -0.2) is 49.4 Å². The van der Waals surface area contributed by atoms with Crippen molar-refractivity contribution in [2.75, 3.05) is 17.5 Å². The quantitative estimate of drug-likeness (QED) is 0.287. The average Bonchev–Trinajstić information content (AvgIpc) is 3.25. The highest BCUT2D eigenvalue weighted by Gasteiger charge is 2.25. The first-order valence-corrected chi connectivity index (χ1v) is 13.1. The summed E-state index contributed by atoms with van der Waals surface area (Å²) in [7, 11) is -3.67. The second-order valence-electron chi connectivity index (χ2n) is 8.35. The Morgan fingerprint density at radius 1 is 1.11 bits per heavy atom. The Labute approximate surface area is 208 Å². The predicted molar refractivity (Wildman–Crippen MR) is 130 cm³/mol. The van der Waals surface area contributed by atoms with E-state index in [1.165, 1.54) is 5.56 Å². The number of carbonyl (C=O) groups excluding carboxylic acids is 1. The number of oxazole rings is 1. The number of anilines is 1. The van der Waals surface area contributed by atoms with E-state index in [9.17, 15) is 27.1 Å². The van der Waals surface area contributed by atoms with Gasteiger partial charge in [-0.1, -0.05) is 31.2 Å². The molecule has 1 heterocycles. The third kappa shape index (κ3) is 8.40. The Morgan fingerprint density at radius 2 is 1.81 bits per heavy atom. The second-order valence-corrected chi connectivity index (χ2v) is 10.1. The molecule has 0 aliphatic rings. The molecule has 2 unspecified atom stereocenters. The van der Waals surface area contributed by atoms with Crippen molar-refractivity contribution in [3.8, 4) is 0 Å². The van der Waals surface area contributed by atoms with Crippen LogP contribution in [0, 0.1) is 11.6 Å². The van der Waals surface area contributed by atoms with Crippen LogP contribution in [-0.2, 0) is 29.4 Å². The molecular weight excluding hydrogens is 494 g/mol. The number of benzene rings is 2. The van der Waals surface area contributed by atoms with Gasteiger partial charge in [0.25, 0.3) is 5.91 Å². The van der Waals surface area contributed by atoms with Crippen LogP contribution in [0.25, 0.3) is 0 Å². The summed E-state index contributed by atoms with van der Waals surface area (Å²) in [6.45, 7) is 2.58. The summed E-state index contributed by atoms with van der Waals surface area (Å²) in [5, 5.41) is 16.6. The van der Waals surface area contributed by atoms with Crippen molar-refractivity contribution in [3.05, 3.63) is 82.7 Å². The molecule has 2 atom stereocenters. The Morgan fingerprint density at radius 3 is 2.47 bits per heavy atom. The fraction of sp³-hybridized carbons (Fsp3) is 0.333. The van der Waals surface area contributed by atoms with Crippen molar-refractivity contribution in [3.63, 3.8) is 0 Å². The maximum Gasteiger partial charge on any atom is 0.309 e. The van der Waals surface area contributed by atoms with Gasteiger partial charge in [0.15, 0.2) is 5.69 Å². The third-order valence-electron chi connectivity index (χ3n) is 5.25. The smallest absolute Gasteiger partial charge is 0.309 e. The summed E-state index contributed by atoms with van der Waals surface area (Å²) in [6, 6.07) is 9.54. The Bertz CT molecular complexity index is 1280. The van der Waals surface area contributed by atoms with Crippen LogP contribution >= 0.6 is 0 Å². The minimum absolute atomic E-state index is 0.0683. The van der Waals surface area contributed by atoms with Gasteiger partial charge in [-0.05, 0) is 41.7 Å². The molecule has 0 aliphatic heterocycles. The number of aryl methyl sites for hydroxylation is 1. The summed E-state index contributed by atoms with van der Waals surface area (Å²) in [6.07, 6.45) is 1.51. The molecule has 9 nitrogen and oxygen atoms in total. The molecule has 2 aromatic carbocycles. The number of aliphatic hydroxyl groups excluding tert-OH is 1. The van der Waals surface area contributed by atoms with Gasteiger partial charge in [-0.2, -0.15) is 4.98 Å². The van der Waals surface area contributed by atoms with Crippen molar-refractivity contribution in [2.45, 2.75) is 38.5 Å². The van der Waals surface area contributed by atoms with Crippen molar-refractivity contribution < 1.29 is 31.5 Å². The SMILES string of the molecule is CCc1cccc(CNCC(O)C(Cc2cc(F)cc(F)c2)NC(=O)c2coc(NS(C)(=O)=O)n2)c1. The first-order chi connectivity index (χ1) is 17.0. The van der Waals surface area contributed by atoms with Crippen molar-refractivity contribution >= 4 is 21.9 Å². The number of hydrogen-bond donors (Lipinski definition) is 4. The fourth-order valence-corrected chi connectivity index (χ4v) is 3.97. The number of halogens is 2. The molecule has 1 aromatic heterocycles. The van der Waals surface area contributed by atoms with E-state index in [1.54, 1.807) is 0 Å². The van der Waals surface area contributed by atoms with Gasteiger partial charge in [-0.15, -0.1) is 0 Å². The zero-order valence-corrected chi connectivity index (χ0v) is 20.6. The van der Waals surface area contributed by atoms with E-state index in [-0.39, 0.29) is 24.2 Å². The van der Waals surface area contributed by atoms with Crippen LogP contribution in [0.5, 0.6) is 0 Å². The van der Waals surface area contributed by atoms with Crippen LogP contribution in [0.3, 0.4) is 0 Å². The maximum absolute atomic E-state index is 13.7. The predicted octanol–water partition coefficient (Wildman–Crippen LogP) is 2.38. The Hall–Kier alpha value is -3.35. The maximum atomic E-state index is 13.7. The zero-order chi connectivity index (χ0) is 26.3. The number of nitrogens with one attached hydrogen (secondary N) is 3. The topological polar surface area (TPSA) is 134 Å². The van der Waals surface area contributed by atoms with Crippen LogP contribution in [0.4, 0.5) is 14.8 Å². The van der Waals surface area contributed by atoms with Crippen LogP contribution in [0.1, 0.15) is 34.1 Å².